The van der Waals surface area contributed by atoms with Crippen molar-refractivity contribution in [2.75, 3.05) is 11.1 Å². The molecule has 158 valence electrons. The monoisotopic (exact) mass is 449 g/mol. The van der Waals surface area contributed by atoms with Gasteiger partial charge >= 0.3 is 0 Å². The van der Waals surface area contributed by atoms with Gasteiger partial charge in [0.05, 0.1) is 16.9 Å². The van der Waals surface area contributed by atoms with Crippen LogP contribution < -0.4 is 10.0 Å². The van der Waals surface area contributed by atoms with E-state index >= 15 is 0 Å². The Bertz CT molecular complexity index is 1140. The highest BCUT2D eigenvalue weighted by molar-refractivity contribution is 8.00. The topological polar surface area (TPSA) is 136 Å². The molecule has 2 amide bonds. The number of carbonyl (C=O) groups is 2. The molecule has 0 aliphatic rings. The average molecular weight is 450 g/mol. The van der Waals surface area contributed by atoms with Crippen molar-refractivity contribution in [2.45, 2.75) is 30.4 Å². The fourth-order valence-electron chi connectivity index (χ4n) is 2.56. The maximum absolute atomic E-state index is 12.4. The number of furan rings is 1. The molecule has 0 bridgehead atoms. The standard InChI is InChI=1S/C18H19N5O5S2/c1-3-23-17(15-5-4-10-28-15)20-21-18(23)29-11-16(25)22-30(26,27)14-8-6-13(7-9-14)19-12(2)24/h4-10H,3,11H2,1-2H3,(H,19,24)(H,22,25). The van der Waals surface area contributed by atoms with E-state index in [1.165, 1.54) is 37.5 Å². The summed E-state index contributed by atoms with van der Waals surface area (Å²) in [4.78, 5) is 23.2. The van der Waals surface area contributed by atoms with Crippen LogP contribution in [0.25, 0.3) is 11.6 Å². The summed E-state index contributed by atoms with van der Waals surface area (Å²) in [7, 11) is -4.04. The van der Waals surface area contributed by atoms with Crippen molar-refractivity contribution in [3.05, 3.63) is 42.7 Å². The summed E-state index contributed by atoms with van der Waals surface area (Å²) in [6.07, 6.45) is 1.53. The number of aromatic nitrogens is 3. The fraction of sp³-hybridized carbons (Fsp3) is 0.222. The number of amides is 2. The lowest BCUT2D eigenvalue weighted by atomic mass is 10.3. The minimum Gasteiger partial charge on any atom is -0.461 e. The Morgan fingerprint density at radius 1 is 1.17 bits per heavy atom. The van der Waals surface area contributed by atoms with Gasteiger partial charge in [0.2, 0.25) is 11.8 Å². The first-order valence-corrected chi connectivity index (χ1v) is 11.3. The van der Waals surface area contributed by atoms with Crippen molar-refractivity contribution in [3.63, 3.8) is 0 Å². The number of nitrogens with one attached hydrogen (secondary N) is 2. The van der Waals surface area contributed by atoms with Gasteiger partial charge in [-0.2, -0.15) is 0 Å². The molecule has 3 aromatic rings. The number of anilines is 1. The van der Waals surface area contributed by atoms with Crippen LogP contribution in [0.2, 0.25) is 0 Å². The van der Waals surface area contributed by atoms with E-state index < -0.39 is 15.9 Å². The van der Waals surface area contributed by atoms with Gasteiger partial charge in [0.1, 0.15) is 0 Å². The second kappa shape index (κ2) is 9.13. The lowest BCUT2D eigenvalue weighted by Crippen LogP contribution is -2.32. The number of nitrogens with zero attached hydrogens (tertiary/aromatic N) is 3. The number of thioether (sulfide) groups is 1. The van der Waals surface area contributed by atoms with Gasteiger partial charge in [-0.15, -0.1) is 10.2 Å². The predicted octanol–water partition coefficient (Wildman–Crippen LogP) is 2.11. The molecule has 3 rings (SSSR count). The van der Waals surface area contributed by atoms with Gasteiger partial charge in [0.15, 0.2) is 16.7 Å². The van der Waals surface area contributed by atoms with Gasteiger partial charge in [0.25, 0.3) is 10.0 Å². The molecule has 0 aliphatic carbocycles. The Kier molecular flexibility index (Phi) is 6.57. The second-order valence-corrected chi connectivity index (χ2v) is 8.68. The molecule has 10 nitrogen and oxygen atoms in total. The van der Waals surface area contributed by atoms with Gasteiger partial charge in [-0.1, -0.05) is 11.8 Å². The molecule has 2 heterocycles. The van der Waals surface area contributed by atoms with Crippen LogP contribution in [-0.4, -0.2) is 40.7 Å². The van der Waals surface area contributed by atoms with E-state index in [2.05, 4.69) is 15.5 Å². The fourth-order valence-corrected chi connectivity index (χ4v) is 4.44. The molecule has 12 heteroatoms. The zero-order chi connectivity index (χ0) is 21.7. The largest absolute Gasteiger partial charge is 0.461 e. The van der Waals surface area contributed by atoms with Crippen LogP contribution in [0, 0.1) is 0 Å². The molecule has 30 heavy (non-hydrogen) atoms. The van der Waals surface area contributed by atoms with Crippen LogP contribution in [0.3, 0.4) is 0 Å². The summed E-state index contributed by atoms with van der Waals surface area (Å²) in [5.41, 5.74) is 0.453. The van der Waals surface area contributed by atoms with E-state index in [0.29, 0.717) is 29.0 Å². The number of benzene rings is 1. The third-order valence-electron chi connectivity index (χ3n) is 3.84. The lowest BCUT2D eigenvalue weighted by molar-refractivity contribution is -0.117. The molecule has 0 spiro atoms. The van der Waals surface area contributed by atoms with Crippen molar-refractivity contribution >= 4 is 39.3 Å². The summed E-state index contributed by atoms with van der Waals surface area (Å²) in [6, 6.07) is 8.97. The Morgan fingerprint density at radius 2 is 1.90 bits per heavy atom. The molecular formula is C18H19N5O5S2. The first kappa shape index (κ1) is 21.6. The van der Waals surface area contributed by atoms with Crippen molar-refractivity contribution < 1.29 is 22.4 Å². The Hall–Kier alpha value is -3.12. The molecule has 0 atom stereocenters. The molecular weight excluding hydrogens is 430 g/mol. The SMILES string of the molecule is CCn1c(SCC(=O)NS(=O)(=O)c2ccc(NC(C)=O)cc2)nnc1-c1ccco1. The Labute approximate surface area is 177 Å². The van der Waals surface area contributed by atoms with Crippen molar-refractivity contribution in [2.24, 2.45) is 0 Å². The highest BCUT2D eigenvalue weighted by atomic mass is 32.2. The zero-order valence-electron chi connectivity index (χ0n) is 16.2. The lowest BCUT2D eigenvalue weighted by Gasteiger charge is -2.08. The first-order valence-electron chi connectivity index (χ1n) is 8.83. The third-order valence-corrected chi connectivity index (χ3v) is 6.20. The minimum atomic E-state index is -4.04. The normalized spacial score (nSPS) is 11.3. The van der Waals surface area contributed by atoms with E-state index in [1.807, 2.05) is 11.6 Å². The van der Waals surface area contributed by atoms with Gasteiger partial charge in [-0.3, -0.25) is 14.2 Å². The minimum absolute atomic E-state index is 0.0909. The molecule has 2 N–H and O–H groups in total. The zero-order valence-corrected chi connectivity index (χ0v) is 17.8. The van der Waals surface area contributed by atoms with Crippen molar-refractivity contribution in [1.29, 1.82) is 0 Å². The number of sulfonamides is 1. The third kappa shape index (κ3) is 5.07. The summed E-state index contributed by atoms with van der Waals surface area (Å²) >= 11 is 1.07. The van der Waals surface area contributed by atoms with Crippen LogP contribution in [0.4, 0.5) is 5.69 Å². The highest BCUT2D eigenvalue weighted by Gasteiger charge is 2.20. The smallest absolute Gasteiger partial charge is 0.264 e. The molecule has 0 saturated heterocycles. The average Bonchev–Trinajstić information content (AvgIpc) is 3.35. The summed E-state index contributed by atoms with van der Waals surface area (Å²) < 4.78 is 33.9. The van der Waals surface area contributed by atoms with Crippen LogP contribution in [0.1, 0.15) is 13.8 Å². The van der Waals surface area contributed by atoms with Crippen LogP contribution in [-0.2, 0) is 26.2 Å². The highest BCUT2D eigenvalue weighted by Crippen LogP contribution is 2.24. The van der Waals surface area contributed by atoms with E-state index in [4.69, 9.17) is 4.42 Å². The number of hydrogen-bond acceptors (Lipinski definition) is 8. The number of rotatable bonds is 8. The van der Waals surface area contributed by atoms with Crippen molar-refractivity contribution in [3.8, 4) is 11.6 Å². The summed E-state index contributed by atoms with van der Waals surface area (Å²) in [5, 5.41) is 11.1. The van der Waals surface area contributed by atoms with E-state index in [0.717, 1.165) is 11.8 Å². The molecule has 1 aromatic carbocycles. The molecule has 0 saturated carbocycles. The molecule has 0 radical (unpaired) electrons. The van der Waals surface area contributed by atoms with Crippen LogP contribution in [0.15, 0.2) is 57.1 Å². The summed E-state index contributed by atoms with van der Waals surface area (Å²) in [5.74, 6) is -0.0649. The van der Waals surface area contributed by atoms with Gasteiger partial charge in [0, 0.05) is 19.2 Å². The maximum Gasteiger partial charge on any atom is 0.264 e. The van der Waals surface area contributed by atoms with Crippen LogP contribution in [0.5, 0.6) is 0 Å². The van der Waals surface area contributed by atoms with E-state index in [1.54, 1.807) is 16.7 Å². The van der Waals surface area contributed by atoms with Gasteiger partial charge in [-0.05, 0) is 43.3 Å². The van der Waals surface area contributed by atoms with Gasteiger partial charge < -0.3 is 9.73 Å². The molecule has 0 fully saturated rings. The Morgan fingerprint density at radius 3 is 2.50 bits per heavy atom. The van der Waals surface area contributed by atoms with E-state index in [-0.39, 0.29) is 16.6 Å². The second-order valence-electron chi connectivity index (χ2n) is 6.05. The predicted molar refractivity (Wildman–Crippen MR) is 110 cm³/mol. The number of hydrogen-bond donors (Lipinski definition) is 2. The van der Waals surface area contributed by atoms with Crippen LogP contribution >= 0.6 is 11.8 Å². The maximum atomic E-state index is 12.4. The van der Waals surface area contributed by atoms with Crippen molar-refractivity contribution in [1.82, 2.24) is 19.5 Å². The van der Waals surface area contributed by atoms with E-state index in [9.17, 15) is 18.0 Å². The molecule has 0 aliphatic heterocycles. The Balaban J connectivity index is 1.63. The van der Waals surface area contributed by atoms with Gasteiger partial charge in [-0.25, -0.2) is 13.1 Å². The molecule has 0 unspecified atom stereocenters. The number of carbonyl (C=O) groups excluding carboxylic acids is 2. The quantitative estimate of drug-likeness (QED) is 0.499. The summed E-state index contributed by atoms with van der Waals surface area (Å²) in [6.45, 7) is 3.79. The molecule has 2 aromatic heterocycles. The first-order chi connectivity index (χ1) is 14.3.